The fraction of sp³-hybridized carbons (Fsp3) is 0.867. The summed E-state index contributed by atoms with van der Waals surface area (Å²) >= 11 is 0. The van der Waals surface area contributed by atoms with Crippen LogP contribution in [0.2, 0.25) is 0 Å². The first kappa shape index (κ1) is 17.0. The third-order valence-corrected chi connectivity index (χ3v) is 4.67. The minimum Gasteiger partial charge on any atom is -0.343 e. The van der Waals surface area contributed by atoms with Gasteiger partial charge in [-0.15, -0.1) is 0 Å². The summed E-state index contributed by atoms with van der Waals surface area (Å²) in [5.74, 6) is 0.340. The van der Waals surface area contributed by atoms with Crippen molar-refractivity contribution in [2.75, 3.05) is 33.2 Å². The van der Waals surface area contributed by atoms with Crippen molar-refractivity contribution in [2.24, 2.45) is 0 Å². The molecule has 2 aliphatic rings. The van der Waals surface area contributed by atoms with E-state index < -0.39 is 0 Å². The summed E-state index contributed by atoms with van der Waals surface area (Å²) < 4.78 is 0. The molecule has 5 nitrogen and oxygen atoms in total. The van der Waals surface area contributed by atoms with Gasteiger partial charge in [0.25, 0.3) is 0 Å². The van der Waals surface area contributed by atoms with E-state index in [1.165, 1.54) is 0 Å². The van der Waals surface area contributed by atoms with E-state index in [2.05, 4.69) is 4.90 Å². The van der Waals surface area contributed by atoms with Crippen LogP contribution in [0.4, 0.5) is 0 Å². The van der Waals surface area contributed by atoms with Crippen molar-refractivity contribution < 1.29 is 9.59 Å². The Morgan fingerprint density at radius 1 is 1.05 bits per heavy atom. The molecule has 0 aliphatic carbocycles. The molecule has 0 radical (unpaired) electrons. The lowest BCUT2D eigenvalue weighted by Crippen LogP contribution is -2.46. The van der Waals surface area contributed by atoms with Crippen molar-refractivity contribution in [2.45, 2.75) is 52.6 Å². The Morgan fingerprint density at radius 3 is 2.15 bits per heavy atom. The van der Waals surface area contributed by atoms with Crippen molar-refractivity contribution in [1.29, 1.82) is 0 Å². The van der Waals surface area contributed by atoms with E-state index in [9.17, 15) is 9.59 Å². The number of hydrogen-bond acceptors (Lipinski definition) is 3. The Labute approximate surface area is 122 Å². The first-order chi connectivity index (χ1) is 8.99. The summed E-state index contributed by atoms with van der Waals surface area (Å²) in [6.07, 6.45) is 3.20. The fourth-order valence-electron chi connectivity index (χ4n) is 3.22. The standard InChI is InChI=1S/C14H25N3O2.CH4/c1-11(18)15(3)14-6-9-17(10-14)13-4-7-16(8-5-13)12(2)19;/h13-14H,4-10H2,1-3H3;1H4. The molecule has 20 heavy (non-hydrogen) atoms. The van der Waals surface area contributed by atoms with E-state index in [1.54, 1.807) is 13.8 Å². The molecular formula is C15H29N3O2. The predicted octanol–water partition coefficient (Wildman–Crippen LogP) is 1.19. The van der Waals surface area contributed by atoms with Crippen molar-refractivity contribution in [3.63, 3.8) is 0 Å². The highest BCUT2D eigenvalue weighted by Gasteiger charge is 2.33. The molecule has 5 heteroatoms. The molecule has 0 bridgehead atoms. The number of likely N-dealkylation sites (tertiary alicyclic amines) is 2. The summed E-state index contributed by atoms with van der Waals surface area (Å²) in [7, 11) is 1.90. The van der Waals surface area contributed by atoms with Crippen LogP contribution >= 0.6 is 0 Å². The second kappa shape index (κ2) is 7.07. The molecule has 0 aromatic heterocycles. The number of carbonyl (C=O) groups excluding carboxylic acids is 2. The van der Waals surface area contributed by atoms with Gasteiger partial charge in [0.2, 0.25) is 11.8 Å². The quantitative estimate of drug-likeness (QED) is 0.764. The zero-order valence-electron chi connectivity index (χ0n) is 12.3. The van der Waals surface area contributed by atoms with Gasteiger partial charge in [-0.3, -0.25) is 14.5 Å². The normalized spacial score (nSPS) is 24.4. The smallest absolute Gasteiger partial charge is 0.219 e. The monoisotopic (exact) mass is 283 g/mol. The van der Waals surface area contributed by atoms with E-state index in [4.69, 9.17) is 0 Å². The molecule has 2 saturated heterocycles. The number of likely N-dealkylation sites (N-methyl/N-ethyl adjacent to an activating group) is 1. The molecule has 2 rings (SSSR count). The first-order valence-corrected chi connectivity index (χ1v) is 7.22. The average Bonchev–Trinajstić information content (AvgIpc) is 2.87. The van der Waals surface area contributed by atoms with Gasteiger partial charge in [-0.25, -0.2) is 0 Å². The molecule has 0 aromatic carbocycles. The number of hydrogen-bond donors (Lipinski definition) is 0. The van der Waals surface area contributed by atoms with E-state index in [1.807, 2.05) is 16.8 Å². The molecule has 2 amide bonds. The second-order valence-electron chi connectivity index (χ2n) is 5.80. The summed E-state index contributed by atoms with van der Waals surface area (Å²) in [6.45, 7) is 7.10. The van der Waals surface area contributed by atoms with E-state index >= 15 is 0 Å². The molecule has 0 aromatic rings. The van der Waals surface area contributed by atoms with E-state index in [0.29, 0.717) is 12.1 Å². The summed E-state index contributed by atoms with van der Waals surface area (Å²) in [5.41, 5.74) is 0. The Hall–Kier alpha value is -1.10. The molecule has 116 valence electrons. The fourth-order valence-corrected chi connectivity index (χ4v) is 3.22. The van der Waals surface area contributed by atoms with Crippen LogP contribution in [0.3, 0.4) is 0 Å². The lowest BCUT2D eigenvalue weighted by Gasteiger charge is -2.36. The number of amides is 2. The van der Waals surface area contributed by atoms with Crippen LogP contribution in [0.15, 0.2) is 0 Å². The van der Waals surface area contributed by atoms with Gasteiger partial charge in [-0.1, -0.05) is 7.43 Å². The maximum absolute atomic E-state index is 11.4. The van der Waals surface area contributed by atoms with Gasteiger partial charge < -0.3 is 9.80 Å². The molecule has 0 N–H and O–H groups in total. The van der Waals surface area contributed by atoms with Crippen LogP contribution in [-0.2, 0) is 9.59 Å². The molecule has 0 spiro atoms. The van der Waals surface area contributed by atoms with Gasteiger partial charge >= 0.3 is 0 Å². The molecular weight excluding hydrogens is 254 g/mol. The number of nitrogens with zero attached hydrogens (tertiary/aromatic N) is 3. The number of rotatable bonds is 2. The number of piperidine rings is 1. The third kappa shape index (κ3) is 3.72. The van der Waals surface area contributed by atoms with Crippen LogP contribution in [0, 0.1) is 0 Å². The molecule has 0 saturated carbocycles. The van der Waals surface area contributed by atoms with Crippen LogP contribution in [0.5, 0.6) is 0 Å². The average molecular weight is 283 g/mol. The molecule has 1 unspecified atom stereocenters. The van der Waals surface area contributed by atoms with Gasteiger partial charge in [-0.2, -0.15) is 0 Å². The number of carbonyl (C=O) groups is 2. The van der Waals surface area contributed by atoms with Crippen LogP contribution in [0.25, 0.3) is 0 Å². The lowest BCUT2D eigenvalue weighted by atomic mass is 10.0. The van der Waals surface area contributed by atoms with Gasteiger partial charge in [0, 0.05) is 59.2 Å². The largest absolute Gasteiger partial charge is 0.343 e. The van der Waals surface area contributed by atoms with Crippen LogP contribution in [0.1, 0.15) is 40.5 Å². The second-order valence-corrected chi connectivity index (χ2v) is 5.80. The highest BCUT2D eigenvalue weighted by molar-refractivity contribution is 5.73. The predicted molar refractivity (Wildman–Crippen MR) is 80.4 cm³/mol. The Balaban J connectivity index is 0.00000200. The van der Waals surface area contributed by atoms with E-state index in [0.717, 1.165) is 45.4 Å². The SMILES string of the molecule is C.CC(=O)N1CCC(N2CCC(N(C)C(C)=O)C2)CC1. The Bertz CT molecular complexity index is 351. The van der Waals surface area contributed by atoms with Crippen molar-refractivity contribution in [1.82, 2.24) is 14.7 Å². The lowest BCUT2D eigenvalue weighted by molar-refractivity contribution is -0.131. The minimum absolute atomic E-state index is 0. The Kier molecular flexibility index (Phi) is 5.99. The highest BCUT2D eigenvalue weighted by atomic mass is 16.2. The van der Waals surface area contributed by atoms with E-state index in [-0.39, 0.29) is 19.2 Å². The Morgan fingerprint density at radius 2 is 1.65 bits per heavy atom. The maximum Gasteiger partial charge on any atom is 0.219 e. The van der Waals surface area contributed by atoms with Crippen molar-refractivity contribution in [3.8, 4) is 0 Å². The van der Waals surface area contributed by atoms with Gasteiger partial charge in [0.15, 0.2) is 0 Å². The summed E-state index contributed by atoms with van der Waals surface area (Å²) in [4.78, 5) is 29.0. The van der Waals surface area contributed by atoms with Crippen LogP contribution < -0.4 is 0 Å². The van der Waals surface area contributed by atoms with Gasteiger partial charge in [-0.05, 0) is 19.3 Å². The summed E-state index contributed by atoms with van der Waals surface area (Å²) in [5, 5.41) is 0. The topological polar surface area (TPSA) is 43.9 Å². The minimum atomic E-state index is 0. The molecule has 2 aliphatic heterocycles. The first-order valence-electron chi connectivity index (χ1n) is 7.22. The van der Waals surface area contributed by atoms with Crippen molar-refractivity contribution >= 4 is 11.8 Å². The van der Waals surface area contributed by atoms with Crippen molar-refractivity contribution in [3.05, 3.63) is 0 Å². The highest BCUT2D eigenvalue weighted by Crippen LogP contribution is 2.23. The molecule has 2 fully saturated rings. The van der Waals surface area contributed by atoms with Crippen LogP contribution in [-0.4, -0.2) is 71.8 Å². The maximum atomic E-state index is 11.4. The molecule has 2 heterocycles. The van der Waals surface area contributed by atoms with Gasteiger partial charge in [0.05, 0.1) is 0 Å². The zero-order chi connectivity index (χ0) is 14.0. The summed E-state index contributed by atoms with van der Waals surface area (Å²) in [6, 6.07) is 0.948. The third-order valence-electron chi connectivity index (χ3n) is 4.67. The molecule has 1 atom stereocenters. The van der Waals surface area contributed by atoms with Gasteiger partial charge in [0.1, 0.15) is 0 Å². The zero-order valence-corrected chi connectivity index (χ0v) is 12.3.